The van der Waals surface area contributed by atoms with E-state index in [0.29, 0.717) is 16.7 Å². The van der Waals surface area contributed by atoms with E-state index in [0.717, 1.165) is 36.7 Å². The SMILES string of the molecule is Cc1nn(-c2ncc(F)cn2)cc1C(=O)NCC12CC3CC(CC(C3)C1)C2. The first-order chi connectivity index (χ1) is 13.0. The van der Waals surface area contributed by atoms with E-state index in [1.54, 1.807) is 13.1 Å². The lowest BCUT2D eigenvalue weighted by Gasteiger charge is -2.56. The van der Waals surface area contributed by atoms with Gasteiger partial charge in [-0.3, -0.25) is 4.79 Å². The maximum Gasteiger partial charge on any atom is 0.254 e. The Morgan fingerprint density at radius 3 is 2.37 bits per heavy atom. The molecule has 4 aliphatic rings. The fourth-order valence-electron chi connectivity index (χ4n) is 6.08. The van der Waals surface area contributed by atoms with E-state index in [1.807, 2.05) is 0 Å². The number of hydrogen-bond acceptors (Lipinski definition) is 4. The van der Waals surface area contributed by atoms with E-state index in [4.69, 9.17) is 0 Å². The van der Waals surface area contributed by atoms with Crippen molar-refractivity contribution in [3.05, 3.63) is 35.7 Å². The van der Waals surface area contributed by atoms with Crippen LogP contribution in [0.15, 0.2) is 18.6 Å². The second kappa shape index (κ2) is 6.11. The van der Waals surface area contributed by atoms with Crippen molar-refractivity contribution in [3.63, 3.8) is 0 Å². The molecule has 0 saturated heterocycles. The molecule has 0 radical (unpaired) electrons. The molecule has 0 spiro atoms. The van der Waals surface area contributed by atoms with Crippen LogP contribution in [0, 0.1) is 35.9 Å². The molecule has 4 aliphatic carbocycles. The normalized spacial score (nSPS) is 31.3. The molecule has 6 nitrogen and oxygen atoms in total. The molecular formula is C20H24FN5O. The van der Waals surface area contributed by atoms with Gasteiger partial charge in [-0.05, 0) is 68.6 Å². The molecule has 4 saturated carbocycles. The van der Waals surface area contributed by atoms with Crippen molar-refractivity contribution in [2.24, 2.45) is 23.2 Å². The molecule has 4 bridgehead atoms. The van der Waals surface area contributed by atoms with Gasteiger partial charge in [0.2, 0.25) is 0 Å². The molecule has 2 aromatic heterocycles. The van der Waals surface area contributed by atoms with Crippen LogP contribution in [0.2, 0.25) is 0 Å². The maximum atomic E-state index is 13.0. The fraction of sp³-hybridized carbons (Fsp3) is 0.600. The smallest absolute Gasteiger partial charge is 0.254 e. The number of amides is 1. The Labute approximate surface area is 157 Å². The molecule has 2 aromatic rings. The van der Waals surface area contributed by atoms with Crippen LogP contribution in [0.25, 0.3) is 5.95 Å². The lowest BCUT2D eigenvalue weighted by atomic mass is 9.49. The van der Waals surface area contributed by atoms with Gasteiger partial charge in [0.05, 0.1) is 23.7 Å². The molecule has 0 aromatic carbocycles. The summed E-state index contributed by atoms with van der Waals surface area (Å²) in [5.74, 6) is 2.25. The number of hydrogen-bond donors (Lipinski definition) is 1. The first-order valence-corrected chi connectivity index (χ1v) is 9.82. The third kappa shape index (κ3) is 3.03. The fourth-order valence-corrected chi connectivity index (χ4v) is 6.08. The Kier molecular flexibility index (Phi) is 3.81. The molecule has 7 heteroatoms. The van der Waals surface area contributed by atoms with E-state index in [-0.39, 0.29) is 11.9 Å². The zero-order valence-corrected chi connectivity index (χ0v) is 15.5. The highest BCUT2D eigenvalue weighted by Crippen LogP contribution is 2.59. The lowest BCUT2D eigenvalue weighted by Crippen LogP contribution is -2.51. The van der Waals surface area contributed by atoms with Gasteiger partial charge in [-0.1, -0.05) is 0 Å². The third-order valence-electron chi connectivity index (χ3n) is 6.74. The van der Waals surface area contributed by atoms with Crippen LogP contribution in [0.3, 0.4) is 0 Å². The predicted octanol–water partition coefficient (Wildman–Crippen LogP) is 3.06. The zero-order chi connectivity index (χ0) is 18.6. The van der Waals surface area contributed by atoms with Gasteiger partial charge in [0.15, 0.2) is 5.82 Å². The minimum atomic E-state index is -0.504. The Morgan fingerprint density at radius 1 is 1.19 bits per heavy atom. The summed E-state index contributed by atoms with van der Waals surface area (Å²) in [5.41, 5.74) is 1.44. The van der Waals surface area contributed by atoms with E-state index in [2.05, 4.69) is 20.4 Å². The van der Waals surface area contributed by atoms with Gasteiger partial charge in [0.25, 0.3) is 11.9 Å². The van der Waals surface area contributed by atoms with Crippen LogP contribution in [0.5, 0.6) is 0 Å². The molecule has 0 unspecified atom stereocenters. The summed E-state index contributed by atoms with van der Waals surface area (Å²) < 4.78 is 14.4. The number of nitrogens with one attached hydrogen (secondary N) is 1. The zero-order valence-electron chi connectivity index (χ0n) is 15.5. The molecule has 0 atom stereocenters. The van der Waals surface area contributed by atoms with Crippen LogP contribution in [-0.4, -0.2) is 32.2 Å². The Morgan fingerprint density at radius 2 is 1.78 bits per heavy atom. The summed E-state index contributed by atoms with van der Waals surface area (Å²) in [7, 11) is 0. The summed E-state index contributed by atoms with van der Waals surface area (Å²) in [5, 5.41) is 7.49. The standard InChI is InChI=1S/C20H24FN5O/c1-12-17(10-26(25-12)19-22-8-16(21)9-23-19)18(27)24-11-20-5-13-2-14(6-20)4-15(3-13)7-20/h8-10,13-15H,2-7,11H2,1H3,(H,24,27). The van der Waals surface area contributed by atoms with E-state index in [9.17, 15) is 9.18 Å². The average molecular weight is 369 g/mol. The van der Waals surface area contributed by atoms with Crippen molar-refractivity contribution >= 4 is 5.91 Å². The lowest BCUT2D eigenvalue weighted by molar-refractivity contribution is -0.0503. The van der Waals surface area contributed by atoms with Crippen molar-refractivity contribution in [3.8, 4) is 5.95 Å². The molecule has 1 amide bonds. The summed E-state index contributed by atoms with van der Waals surface area (Å²) in [4.78, 5) is 20.6. The van der Waals surface area contributed by atoms with E-state index >= 15 is 0 Å². The Hall–Kier alpha value is -2.31. The molecule has 4 fully saturated rings. The highest BCUT2D eigenvalue weighted by atomic mass is 19.1. The van der Waals surface area contributed by atoms with Crippen molar-refractivity contribution in [2.45, 2.75) is 45.4 Å². The molecule has 142 valence electrons. The van der Waals surface area contributed by atoms with Crippen LogP contribution < -0.4 is 5.32 Å². The van der Waals surface area contributed by atoms with Crippen LogP contribution in [0.4, 0.5) is 4.39 Å². The van der Waals surface area contributed by atoms with Crippen molar-refractivity contribution in [1.29, 1.82) is 0 Å². The number of nitrogens with zero attached hydrogens (tertiary/aromatic N) is 4. The maximum absolute atomic E-state index is 13.0. The van der Waals surface area contributed by atoms with Crippen molar-refractivity contribution in [1.82, 2.24) is 25.1 Å². The minimum Gasteiger partial charge on any atom is -0.351 e. The van der Waals surface area contributed by atoms with Crippen LogP contribution in [-0.2, 0) is 0 Å². The summed E-state index contributed by atoms with van der Waals surface area (Å²) in [6.07, 6.45) is 11.8. The summed E-state index contributed by atoms with van der Waals surface area (Å²) in [6, 6.07) is 0. The number of aryl methyl sites for hydroxylation is 1. The summed E-state index contributed by atoms with van der Waals surface area (Å²) >= 11 is 0. The molecule has 6 rings (SSSR count). The second-order valence-electron chi connectivity index (χ2n) is 8.87. The number of carbonyl (C=O) groups is 1. The van der Waals surface area contributed by atoms with Crippen molar-refractivity contribution < 1.29 is 9.18 Å². The highest BCUT2D eigenvalue weighted by molar-refractivity contribution is 5.95. The number of carbonyl (C=O) groups excluding carboxylic acids is 1. The van der Waals surface area contributed by atoms with Crippen LogP contribution >= 0.6 is 0 Å². The van der Waals surface area contributed by atoms with Crippen molar-refractivity contribution in [2.75, 3.05) is 6.54 Å². The number of halogens is 1. The largest absolute Gasteiger partial charge is 0.351 e. The van der Waals surface area contributed by atoms with Gasteiger partial charge >= 0.3 is 0 Å². The second-order valence-corrected chi connectivity index (χ2v) is 8.87. The first kappa shape index (κ1) is 16.8. The molecule has 2 heterocycles. The van der Waals surface area contributed by atoms with Gasteiger partial charge in [-0.15, -0.1) is 0 Å². The minimum absolute atomic E-state index is 0.100. The molecule has 1 N–H and O–H groups in total. The van der Waals surface area contributed by atoms with E-state index < -0.39 is 5.82 Å². The predicted molar refractivity (Wildman–Crippen MR) is 96.8 cm³/mol. The van der Waals surface area contributed by atoms with Gasteiger partial charge < -0.3 is 5.32 Å². The summed E-state index contributed by atoms with van der Waals surface area (Å²) in [6.45, 7) is 2.55. The average Bonchev–Trinajstić information content (AvgIpc) is 3.01. The molecular weight excluding hydrogens is 345 g/mol. The highest BCUT2D eigenvalue weighted by Gasteiger charge is 2.50. The third-order valence-corrected chi connectivity index (χ3v) is 6.74. The van der Waals surface area contributed by atoms with Gasteiger partial charge in [0, 0.05) is 12.7 Å². The number of aromatic nitrogens is 4. The quantitative estimate of drug-likeness (QED) is 0.899. The topological polar surface area (TPSA) is 72.7 Å². The Balaban J connectivity index is 1.30. The van der Waals surface area contributed by atoms with E-state index in [1.165, 1.54) is 43.2 Å². The first-order valence-electron chi connectivity index (χ1n) is 9.82. The molecule has 27 heavy (non-hydrogen) atoms. The van der Waals surface area contributed by atoms with Gasteiger partial charge in [-0.2, -0.15) is 5.10 Å². The number of rotatable bonds is 4. The monoisotopic (exact) mass is 369 g/mol. The van der Waals surface area contributed by atoms with Gasteiger partial charge in [-0.25, -0.2) is 19.0 Å². The van der Waals surface area contributed by atoms with Crippen LogP contribution in [0.1, 0.15) is 54.6 Å². The Bertz CT molecular complexity index is 840. The van der Waals surface area contributed by atoms with Gasteiger partial charge in [0.1, 0.15) is 0 Å². The molecule has 0 aliphatic heterocycles.